The largest absolute Gasteiger partial charge is 3.00 e. The molecule has 1 radical (unpaired) electrons. The molecule has 1 aromatic rings. The standard InChI is InChI=1S/C14H16N2O3S2.Fe/c1-16-10(14(18)19)7-21-13(16)9-6-20-12(15-9)8-4-2-3-5-11(8)17;/h2-5,9-10,12-13,17H,1,6-7H2,(H,18,19);/q-2;+3/t9-,10+,12?,13-;/m0./s1. The van der Waals surface area contributed by atoms with E-state index in [4.69, 9.17) is 10.4 Å². The number of hydrogen-bond donors (Lipinski definition) is 2. The summed E-state index contributed by atoms with van der Waals surface area (Å²) in [7, 11) is 3.89. The van der Waals surface area contributed by atoms with Crippen molar-refractivity contribution in [3.05, 3.63) is 42.2 Å². The van der Waals surface area contributed by atoms with Gasteiger partial charge < -0.3 is 20.4 Å². The molecule has 1 unspecified atom stereocenters. The molecule has 8 heteroatoms. The van der Waals surface area contributed by atoms with Gasteiger partial charge in [-0.15, -0.1) is 17.8 Å². The smallest absolute Gasteiger partial charge is 0.642 e. The Labute approximate surface area is 148 Å². The van der Waals surface area contributed by atoms with Crippen molar-refractivity contribution in [3.63, 3.8) is 0 Å². The van der Waals surface area contributed by atoms with Crippen molar-refractivity contribution in [1.29, 1.82) is 0 Å². The second-order valence-electron chi connectivity index (χ2n) is 5.05. The number of carboxylic acids is 1. The number of aromatic hydroxyl groups is 1. The first-order valence-electron chi connectivity index (χ1n) is 6.60. The van der Waals surface area contributed by atoms with E-state index >= 15 is 0 Å². The van der Waals surface area contributed by atoms with Gasteiger partial charge in [-0.2, -0.15) is 11.8 Å². The first kappa shape index (κ1) is 18.0. The Bertz CT molecular complexity index is 549. The number of para-hydroxylation sites is 1. The van der Waals surface area contributed by atoms with Crippen LogP contribution >= 0.6 is 23.5 Å². The Kier molecular flexibility index (Phi) is 6.10. The Balaban J connectivity index is 0.00000176. The van der Waals surface area contributed by atoms with Crippen LogP contribution in [0, 0.1) is 7.05 Å². The van der Waals surface area contributed by atoms with Gasteiger partial charge in [0.05, 0.1) is 6.04 Å². The van der Waals surface area contributed by atoms with E-state index < -0.39 is 12.0 Å². The van der Waals surface area contributed by atoms with E-state index in [0.717, 1.165) is 11.3 Å². The predicted molar refractivity (Wildman–Crippen MR) is 85.3 cm³/mol. The number of benzene rings is 1. The molecule has 4 atom stereocenters. The van der Waals surface area contributed by atoms with Crippen LogP contribution in [0.15, 0.2) is 24.3 Å². The van der Waals surface area contributed by atoms with Gasteiger partial charge in [0, 0.05) is 11.1 Å². The van der Waals surface area contributed by atoms with Crippen molar-refractivity contribution < 1.29 is 32.1 Å². The predicted octanol–water partition coefficient (Wildman–Crippen LogP) is 2.50. The van der Waals surface area contributed by atoms with E-state index in [1.807, 2.05) is 12.1 Å². The Morgan fingerprint density at radius 2 is 2.05 bits per heavy atom. The van der Waals surface area contributed by atoms with Crippen LogP contribution in [-0.4, -0.2) is 50.0 Å². The fourth-order valence-corrected chi connectivity index (χ4v) is 5.41. The van der Waals surface area contributed by atoms with Crippen molar-refractivity contribution in [2.24, 2.45) is 0 Å². The first-order chi connectivity index (χ1) is 10.1. The van der Waals surface area contributed by atoms with Gasteiger partial charge in [0.15, 0.2) is 0 Å². The Morgan fingerprint density at radius 1 is 1.32 bits per heavy atom. The van der Waals surface area contributed by atoms with Crippen LogP contribution in [0.1, 0.15) is 10.9 Å². The molecule has 0 amide bonds. The molecule has 2 aliphatic rings. The van der Waals surface area contributed by atoms with E-state index in [1.54, 1.807) is 40.6 Å². The normalized spacial score (nSPS) is 31.9. The second kappa shape index (κ2) is 7.47. The van der Waals surface area contributed by atoms with Crippen molar-refractivity contribution in [2.45, 2.75) is 22.8 Å². The minimum absolute atomic E-state index is 0. The number of thioether (sulfide) groups is 2. The van der Waals surface area contributed by atoms with Crippen molar-refractivity contribution in [3.8, 4) is 5.75 Å². The molecule has 3 rings (SSSR count). The number of nitrogens with zero attached hydrogens (tertiary/aromatic N) is 2. The van der Waals surface area contributed by atoms with E-state index in [-0.39, 0.29) is 39.6 Å². The van der Waals surface area contributed by atoms with Crippen LogP contribution in [0.5, 0.6) is 5.75 Å². The summed E-state index contributed by atoms with van der Waals surface area (Å²) in [5.41, 5.74) is 0.818. The summed E-state index contributed by atoms with van der Waals surface area (Å²) in [6.45, 7) is 0. The van der Waals surface area contributed by atoms with Gasteiger partial charge in [0.2, 0.25) is 0 Å². The van der Waals surface area contributed by atoms with Gasteiger partial charge in [-0.3, -0.25) is 11.8 Å². The third-order valence-corrected chi connectivity index (χ3v) is 6.38. The minimum atomic E-state index is -0.831. The summed E-state index contributed by atoms with van der Waals surface area (Å²) < 4.78 is 0. The molecule has 5 nitrogen and oxygen atoms in total. The molecule has 2 fully saturated rings. The maximum Gasteiger partial charge on any atom is 3.00 e. The summed E-state index contributed by atoms with van der Waals surface area (Å²) in [6.07, 6.45) is 0. The van der Waals surface area contributed by atoms with E-state index in [2.05, 4.69) is 7.05 Å². The van der Waals surface area contributed by atoms with Gasteiger partial charge in [-0.05, 0) is 17.4 Å². The maximum absolute atomic E-state index is 11.1. The molecule has 22 heavy (non-hydrogen) atoms. The Hall–Kier alpha value is -0.371. The molecule has 0 spiro atoms. The number of carbonyl (C=O) groups is 1. The summed E-state index contributed by atoms with van der Waals surface area (Å²) >= 11 is 3.27. The van der Waals surface area contributed by atoms with Gasteiger partial charge in [-0.25, -0.2) is 0 Å². The zero-order chi connectivity index (χ0) is 15.0. The molecular formula is C14H16FeN2O3S2+. The summed E-state index contributed by atoms with van der Waals surface area (Å²) in [5.74, 6) is 0.785. The van der Waals surface area contributed by atoms with Gasteiger partial charge in [0.25, 0.3) is 0 Å². The average Bonchev–Trinajstić information content (AvgIpc) is 3.05. The molecule has 2 N–H and O–H groups in total. The van der Waals surface area contributed by atoms with Gasteiger partial charge in [-0.1, -0.05) is 23.6 Å². The van der Waals surface area contributed by atoms with E-state index in [9.17, 15) is 9.90 Å². The number of phenolic OH excluding ortho intramolecular Hbond substituents is 1. The molecule has 1 aromatic carbocycles. The molecular weight excluding hydrogens is 364 g/mol. The molecule has 0 bridgehead atoms. The zero-order valence-electron chi connectivity index (χ0n) is 11.6. The quantitative estimate of drug-likeness (QED) is 0.620. The third kappa shape index (κ3) is 3.42. The fourth-order valence-electron chi connectivity index (χ4n) is 2.58. The molecule has 119 valence electrons. The van der Waals surface area contributed by atoms with Crippen molar-refractivity contribution in [1.82, 2.24) is 4.90 Å². The molecule has 2 aliphatic heterocycles. The Morgan fingerprint density at radius 3 is 2.68 bits per heavy atom. The monoisotopic (exact) mass is 380 g/mol. The number of rotatable bonds is 3. The number of phenols is 1. The van der Waals surface area contributed by atoms with Crippen LogP contribution in [0.4, 0.5) is 0 Å². The van der Waals surface area contributed by atoms with Gasteiger partial charge in [0.1, 0.15) is 5.75 Å². The maximum atomic E-state index is 11.1. The molecule has 0 saturated carbocycles. The van der Waals surface area contributed by atoms with Gasteiger partial charge >= 0.3 is 23.0 Å². The van der Waals surface area contributed by atoms with Crippen molar-refractivity contribution >= 4 is 29.5 Å². The number of aliphatic carboxylic acids is 1. The van der Waals surface area contributed by atoms with Crippen LogP contribution in [-0.2, 0) is 21.9 Å². The average molecular weight is 380 g/mol. The number of carboxylic acid groups (broad SMARTS) is 1. The molecule has 0 aromatic heterocycles. The van der Waals surface area contributed by atoms with Crippen LogP contribution < -0.4 is 0 Å². The van der Waals surface area contributed by atoms with Crippen LogP contribution in [0.2, 0.25) is 0 Å². The number of hydrogen-bond acceptors (Lipinski definition) is 5. The summed E-state index contributed by atoms with van der Waals surface area (Å²) in [5, 5.41) is 23.7. The summed E-state index contributed by atoms with van der Waals surface area (Å²) in [4.78, 5) is 12.8. The SMILES string of the molecule is [CH2-]N1[C@@H](C(=O)O)CS[C@H]1[C@@H]1CSC(c2ccccc2O)[N-]1.[Fe+3]. The fraction of sp³-hybridized carbons (Fsp3) is 0.429. The topological polar surface area (TPSA) is 74.9 Å². The zero-order valence-corrected chi connectivity index (χ0v) is 14.3. The third-order valence-electron chi connectivity index (χ3n) is 3.72. The van der Waals surface area contributed by atoms with Crippen LogP contribution in [0.3, 0.4) is 0 Å². The van der Waals surface area contributed by atoms with Crippen molar-refractivity contribution in [2.75, 3.05) is 11.5 Å². The van der Waals surface area contributed by atoms with E-state index in [0.29, 0.717) is 5.75 Å². The second-order valence-corrected chi connectivity index (χ2v) is 7.32. The molecule has 2 saturated heterocycles. The van der Waals surface area contributed by atoms with Crippen LogP contribution in [0.25, 0.3) is 5.32 Å². The molecule has 2 heterocycles. The molecule has 0 aliphatic carbocycles. The first-order valence-corrected chi connectivity index (χ1v) is 8.70. The minimum Gasteiger partial charge on any atom is -0.642 e. The van der Waals surface area contributed by atoms with E-state index in [1.165, 1.54) is 0 Å². The summed E-state index contributed by atoms with van der Waals surface area (Å²) in [6, 6.07) is 6.71.